The average Bonchev–Trinajstić information content (AvgIpc) is 2.29. The number of pyridine rings is 1. The van der Waals surface area contributed by atoms with Crippen molar-refractivity contribution < 1.29 is 8.18 Å². The first-order chi connectivity index (χ1) is 7.33. The second-order valence-corrected chi connectivity index (χ2v) is 3.26. The minimum absolute atomic E-state index is 0.321. The minimum atomic E-state index is -0.321. The largest absolute Gasteiger partial charge is 0.650 e. The van der Waals surface area contributed by atoms with E-state index in [0.717, 1.165) is 0 Å². The number of nitrogens with zero attached hydrogens (tertiary/aromatic N) is 1. The summed E-state index contributed by atoms with van der Waals surface area (Å²) in [5.74, 6) is 0.185. The van der Waals surface area contributed by atoms with Crippen molar-refractivity contribution in [1.29, 1.82) is 0 Å². The molecule has 0 atom stereocenters. The molecule has 2 rings (SSSR count). The van der Waals surface area contributed by atoms with Crippen LogP contribution in [0.25, 0.3) is 11.3 Å². The quantitative estimate of drug-likeness (QED) is 0.717. The molecule has 0 bridgehead atoms. The van der Waals surface area contributed by atoms with Gasteiger partial charge in [0.2, 0.25) is 0 Å². The van der Waals surface area contributed by atoms with Crippen LogP contribution in [0.2, 0.25) is 0 Å². The van der Waals surface area contributed by atoms with Gasteiger partial charge in [-0.05, 0) is 24.3 Å². The Balaban J connectivity index is 2.61. The van der Waals surface area contributed by atoms with Gasteiger partial charge in [0.25, 0.3) is 0 Å². The molecule has 0 aliphatic rings. The lowest BCUT2D eigenvalue weighted by Gasteiger charge is -2.10. The predicted octanol–water partition coefficient (Wildman–Crippen LogP) is 2.08. The highest BCUT2D eigenvalue weighted by Gasteiger charge is 2.10. The molecule has 1 heterocycles. The Morgan fingerprint density at radius 2 is 2.00 bits per heavy atom. The molecule has 73 valence electrons. The smallest absolute Gasteiger partial charge is 0.494 e. The van der Waals surface area contributed by atoms with Gasteiger partial charge in [-0.15, -0.1) is 0 Å². The van der Waals surface area contributed by atoms with Crippen molar-refractivity contribution in [2.45, 2.75) is 0 Å². The molecular formula is C11H8AlFNO. The molecule has 2 aromatic rings. The summed E-state index contributed by atoms with van der Waals surface area (Å²) in [6.45, 7) is 0. The van der Waals surface area contributed by atoms with Gasteiger partial charge in [0.1, 0.15) is 5.82 Å². The summed E-state index contributed by atoms with van der Waals surface area (Å²) in [4.78, 5) is 4.10. The minimum Gasteiger partial charge on any atom is -0.650 e. The van der Waals surface area contributed by atoms with E-state index in [9.17, 15) is 4.39 Å². The van der Waals surface area contributed by atoms with Crippen molar-refractivity contribution in [2.24, 2.45) is 0 Å². The third-order valence-electron chi connectivity index (χ3n) is 2.05. The highest BCUT2D eigenvalue weighted by Crippen LogP contribution is 2.30. The van der Waals surface area contributed by atoms with E-state index in [-0.39, 0.29) is 5.82 Å². The summed E-state index contributed by atoms with van der Waals surface area (Å²) in [6.07, 6.45) is 1.63. The zero-order valence-corrected chi connectivity index (χ0v) is 9.40. The van der Waals surface area contributed by atoms with Crippen molar-refractivity contribution in [1.82, 2.24) is 4.98 Å². The topological polar surface area (TPSA) is 22.1 Å². The Labute approximate surface area is 95.5 Å². The van der Waals surface area contributed by atoms with E-state index in [1.807, 2.05) is 6.07 Å². The Morgan fingerprint density at radius 1 is 1.13 bits per heavy atom. The lowest BCUT2D eigenvalue weighted by atomic mass is 10.1. The molecule has 15 heavy (non-hydrogen) atoms. The van der Waals surface area contributed by atoms with Crippen molar-refractivity contribution in [3.8, 4) is 17.0 Å². The molecule has 4 heteroatoms. The van der Waals surface area contributed by atoms with Crippen LogP contribution in [0.1, 0.15) is 0 Å². The van der Waals surface area contributed by atoms with E-state index in [1.54, 1.807) is 30.5 Å². The van der Waals surface area contributed by atoms with Crippen LogP contribution in [-0.4, -0.2) is 21.6 Å². The first-order valence-corrected chi connectivity index (χ1v) is 5.02. The van der Waals surface area contributed by atoms with Crippen LogP contribution in [0.4, 0.5) is 4.39 Å². The second-order valence-electron chi connectivity index (χ2n) is 2.97. The van der Waals surface area contributed by atoms with Gasteiger partial charge >= 0.3 is 16.6 Å². The first kappa shape index (κ1) is 10.2. The summed E-state index contributed by atoms with van der Waals surface area (Å²) >= 11 is 1.32. The summed E-state index contributed by atoms with van der Waals surface area (Å²) in [5.41, 5.74) is 0.991. The van der Waals surface area contributed by atoms with Gasteiger partial charge in [-0.1, -0.05) is 12.1 Å². The Hall–Kier alpha value is -1.37. The molecule has 0 saturated carbocycles. The zero-order chi connectivity index (χ0) is 10.7. The van der Waals surface area contributed by atoms with Crippen molar-refractivity contribution in [3.05, 3.63) is 48.4 Å². The normalized spacial score (nSPS) is 9.93. The molecule has 2 nitrogen and oxygen atoms in total. The molecule has 1 aromatic carbocycles. The molecule has 0 N–H and O–H groups in total. The molecule has 1 aromatic heterocycles. The molecule has 0 saturated heterocycles. The summed E-state index contributed by atoms with van der Waals surface area (Å²) < 4.78 is 18.7. The molecule has 0 aliphatic carbocycles. The Kier molecular flexibility index (Phi) is 3.00. The van der Waals surface area contributed by atoms with Gasteiger partial charge < -0.3 is 3.79 Å². The fourth-order valence-corrected chi connectivity index (χ4v) is 1.62. The number of aromatic nitrogens is 1. The van der Waals surface area contributed by atoms with E-state index in [2.05, 4.69) is 4.98 Å². The van der Waals surface area contributed by atoms with E-state index in [0.29, 0.717) is 17.0 Å². The monoisotopic (exact) mass is 216 g/mol. The molecule has 0 aliphatic heterocycles. The fourth-order valence-electron chi connectivity index (χ4n) is 1.38. The van der Waals surface area contributed by atoms with Gasteiger partial charge in [-0.25, -0.2) is 4.39 Å². The van der Waals surface area contributed by atoms with Crippen LogP contribution >= 0.6 is 0 Å². The maximum atomic E-state index is 13.6. The van der Waals surface area contributed by atoms with Crippen molar-refractivity contribution in [2.75, 3.05) is 0 Å². The maximum Gasteiger partial charge on any atom is 0.494 e. The molecule has 0 amide bonds. The Morgan fingerprint density at radius 3 is 2.67 bits per heavy atom. The van der Waals surface area contributed by atoms with E-state index in [1.165, 1.54) is 22.7 Å². The lowest BCUT2D eigenvalue weighted by molar-refractivity contribution is 0.590. The van der Waals surface area contributed by atoms with Crippen LogP contribution < -0.4 is 3.79 Å². The van der Waals surface area contributed by atoms with Gasteiger partial charge in [0.05, 0.1) is 17.0 Å². The van der Waals surface area contributed by atoms with Gasteiger partial charge in [0, 0.05) is 6.20 Å². The van der Waals surface area contributed by atoms with Crippen molar-refractivity contribution in [3.63, 3.8) is 0 Å². The van der Waals surface area contributed by atoms with Crippen LogP contribution in [-0.2, 0) is 0 Å². The number of halogens is 1. The number of rotatable bonds is 2. The molecule has 1 radical (unpaired) electrons. The van der Waals surface area contributed by atoms with Crippen LogP contribution in [0, 0.1) is 5.82 Å². The van der Waals surface area contributed by atoms with Crippen LogP contribution in [0.5, 0.6) is 5.75 Å². The summed E-state index contributed by atoms with van der Waals surface area (Å²) in [7, 11) is 0. The number of hydrogen-bond donors (Lipinski definition) is 0. The average molecular weight is 216 g/mol. The number of benzene rings is 1. The standard InChI is InChI=1S/C11H8FNO.Al.H/c12-8-4-3-6-10(14)11(8)9-5-1-2-7-13-9;;/h1-7,14H;;/q;+1;/p-1. The highest BCUT2D eigenvalue weighted by atomic mass is 27.1. The van der Waals surface area contributed by atoms with Gasteiger partial charge in [0.15, 0.2) is 0 Å². The molecule has 0 unspecified atom stereocenters. The Bertz CT molecular complexity index is 461. The molecule has 0 fully saturated rings. The first-order valence-electron chi connectivity index (χ1n) is 4.45. The summed E-state index contributed by atoms with van der Waals surface area (Å²) in [6, 6.07) is 10.1. The molecular weight excluding hydrogens is 208 g/mol. The predicted molar refractivity (Wildman–Crippen MR) is 57.4 cm³/mol. The fraction of sp³-hybridized carbons (Fsp3) is 0. The second kappa shape index (κ2) is 4.43. The maximum absolute atomic E-state index is 13.6. The van der Waals surface area contributed by atoms with Crippen LogP contribution in [0.15, 0.2) is 42.6 Å². The van der Waals surface area contributed by atoms with Crippen molar-refractivity contribution >= 4 is 16.6 Å². The third-order valence-corrected chi connectivity index (χ3v) is 2.36. The molecule has 0 spiro atoms. The van der Waals surface area contributed by atoms with Crippen LogP contribution in [0.3, 0.4) is 0 Å². The highest BCUT2D eigenvalue weighted by molar-refractivity contribution is 6.00. The lowest BCUT2D eigenvalue weighted by Crippen LogP contribution is -1.93. The number of hydrogen-bond acceptors (Lipinski definition) is 2. The van der Waals surface area contributed by atoms with E-state index < -0.39 is 0 Å². The SMILES string of the molecule is Fc1cccc([O][AlH])c1-c1ccccn1. The summed E-state index contributed by atoms with van der Waals surface area (Å²) in [5, 5.41) is 0. The van der Waals surface area contributed by atoms with E-state index >= 15 is 0 Å². The zero-order valence-electron chi connectivity index (χ0n) is 7.98. The van der Waals surface area contributed by atoms with Gasteiger partial charge in [-0.3, -0.25) is 4.98 Å². The van der Waals surface area contributed by atoms with E-state index in [4.69, 9.17) is 3.79 Å². The third kappa shape index (κ3) is 2.01. The van der Waals surface area contributed by atoms with Gasteiger partial charge in [-0.2, -0.15) is 0 Å².